The summed E-state index contributed by atoms with van der Waals surface area (Å²) in [6.07, 6.45) is 7.52. The fraction of sp³-hybridized carbons (Fsp3) is 0.933. The van der Waals surface area contributed by atoms with Crippen LogP contribution in [0.3, 0.4) is 0 Å². The summed E-state index contributed by atoms with van der Waals surface area (Å²) in [6, 6.07) is 0.253. The molecule has 2 heterocycles. The van der Waals surface area contributed by atoms with Crippen LogP contribution in [0, 0.1) is 11.3 Å². The molecule has 3 fully saturated rings. The topological polar surface area (TPSA) is 55.6 Å². The molecule has 1 spiro atoms. The molecule has 0 unspecified atom stereocenters. The Balaban J connectivity index is 1.54. The Hall–Kier alpha value is -0.610. The van der Waals surface area contributed by atoms with Gasteiger partial charge in [-0.15, -0.1) is 0 Å². The zero-order chi connectivity index (χ0) is 13.3. The lowest BCUT2D eigenvalue weighted by molar-refractivity contribution is -0.132. The summed E-state index contributed by atoms with van der Waals surface area (Å²) in [6.45, 7) is 3.64. The van der Waals surface area contributed by atoms with Gasteiger partial charge in [0.1, 0.15) is 0 Å². The van der Waals surface area contributed by atoms with E-state index in [0.717, 1.165) is 52.0 Å². The first-order valence-electron chi connectivity index (χ1n) is 7.80. The number of ether oxygens (including phenoxy) is 1. The predicted octanol–water partition coefficient (Wildman–Crippen LogP) is 1.53. The van der Waals surface area contributed by atoms with Gasteiger partial charge >= 0.3 is 0 Å². The predicted molar refractivity (Wildman–Crippen MR) is 73.6 cm³/mol. The third-order valence-corrected chi connectivity index (χ3v) is 5.50. The Morgan fingerprint density at radius 1 is 1.26 bits per heavy atom. The molecular formula is C15H26N2O2. The number of rotatable bonds is 2. The number of nitrogens with two attached hydrogens (primary N) is 1. The highest BCUT2D eigenvalue weighted by Crippen LogP contribution is 2.40. The quantitative estimate of drug-likeness (QED) is 0.824. The highest BCUT2D eigenvalue weighted by Gasteiger charge is 2.41. The maximum atomic E-state index is 12.4. The normalized spacial score (nSPS) is 34.1. The lowest BCUT2D eigenvalue weighted by Crippen LogP contribution is -2.37. The molecule has 3 rings (SSSR count). The molecule has 0 aromatic carbocycles. The summed E-state index contributed by atoms with van der Waals surface area (Å²) >= 11 is 0. The molecule has 2 saturated heterocycles. The van der Waals surface area contributed by atoms with Gasteiger partial charge in [-0.05, 0) is 43.4 Å². The van der Waals surface area contributed by atoms with Crippen LogP contribution in [0.5, 0.6) is 0 Å². The SMILES string of the molecule is N[C@@H]1CCC[C@H]1CC(=O)N1CCC2(CCOCC2)C1. The van der Waals surface area contributed by atoms with Crippen molar-refractivity contribution in [1.82, 2.24) is 4.90 Å². The smallest absolute Gasteiger partial charge is 0.222 e. The van der Waals surface area contributed by atoms with Gasteiger partial charge in [-0.1, -0.05) is 6.42 Å². The van der Waals surface area contributed by atoms with Gasteiger partial charge in [0.15, 0.2) is 0 Å². The summed E-state index contributed by atoms with van der Waals surface area (Å²) in [5.74, 6) is 0.768. The number of carbonyl (C=O) groups excluding carboxylic acids is 1. The maximum absolute atomic E-state index is 12.4. The molecule has 0 aromatic rings. The molecule has 2 N–H and O–H groups in total. The highest BCUT2D eigenvalue weighted by atomic mass is 16.5. The van der Waals surface area contributed by atoms with E-state index in [1.807, 2.05) is 0 Å². The first-order valence-corrected chi connectivity index (χ1v) is 7.80. The fourth-order valence-corrected chi connectivity index (χ4v) is 4.03. The Labute approximate surface area is 115 Å². The van der Waals surface area contributed by atoms with E-state index in [1.165, 1.54) is 12.8 Å². The molecule has 0 radical (unpaired) electrons. The van der Waals surface area contributed by atoms with Crippen molar-refractivity contribution in [2.24, 2.45) is 17.1 Å². The second-order valence-electron chi connectivity index (χ2n) is 6.74. The molecule has 1 aliphatic carbocycles. The minimum absolute atomic E-state index is 0.253. The van der Waals surface area contributed by atoms with E-state index in [1.54, 1.807) is 0 Å². The van der Waals surface area contributed by atoms with E-state index in [4.69, 9.17) is 10.5 Å². The Kier molecular flexibility index (Phi) is 3.81. The van der Waals surface area contributed by atoms with Crippen molar-refractivity contribution in [2.75, 3.05) is 26.3 Å². The van der Waals surface area contributed by atoms with Crippen molar-refractivity contribution in [3.05, 3.63) is 0 Å². The van der Waals surface area contributed by atoms with Crippen LogP contribution < -0.4 is 5.73 Å². The number of carbonyl (C=O) groups is 1. The van der Waals surface area contributed by atoms with Gasteiger partial charge in [0.05, 0.1) is 0 Å². The molecule has 3 aliphatic rings. The second kappa shape index (κ2) is 5.41. The minimum atomic E-state index is 0.253. The van der Waals surface area contributed by atoms with Gasteiger partial charge in [-0.25, -0.2) is 0 Å². The van der Waals surface area contributed by atoms with E-state index in [0.29, 0.717) is 23.7 Å². The standard InChI is InChI=1S/C15H26N2O2/c16-13-3-1-2-12(13)10-14(18)17-7-4-15(11-17)5-8-19-9-6-15/h12-13H,1-11,16H2/t12-,13+/m0/s1. The Bertz CT molecular complexity index is 339. The van der Waals surface area contributed by atoms with Crippen LogP contribution in [0.2, 0.25) is 0 Å². The summed E-state index contributed by atoms with van der Waals surface area (Å²) in [5, 5.41) is 0. The molecule has 0 bridgehead atoms. The molecule has 0 aromatic heterocycles. The molecule has 1 saturated carbocycles. The van der Waals surface area contributed by atoms with E-state index < -0.39 is 0 Å². The van der Waals surface area contributed by atoms with Gasteiger partial charge in [-0.3, -0.25) is 4.79 Å². The average Bonchev–Trinajstić information content (AvgIpc) is 2.99. The number of amides is 1. The van der Waals surface area contributed by atoms with Gasteiger partial charge < -0.3 is 15.4 Å². The third kappa shape index (κ3) is 2.79. The van der Waals surface area contributed by atoms with Gasteiger partial charge in [0, 0.05) is 38.8 Å². The summed E-state index contributed by atoms with van der Waals surface area (Å²) < 4.78 is 5.45. The number of likely N-dealkylation sites (tertiary alicyclic amines) is 1. The summed E-state index contributed by atoms with van der Waals surface area (Å²) in [7, 11) is 0. The Morgan fingerprint density at radius 2 is 2.05 bits per heavy atom. The summed E-state index contributed by atoms with van der Waals surface area (Å²) in [5.41, 5.74) is 6.44. The van der Waals surface area contributed by atoms with Crippen LogP contribution in [0.25, 0.3) is 0 Å². The fourth-order valence-electron chi connectivity index (χ4n) is 4.03. The van der Waals surface area contributed by atoms with Gasteiger partial charge in [0.2, 0.25) is 5.91 Å². The van der Waals surface area contributed by atoms with Crippen LogP contribution in [0.15, 0.2) is 0 Å². The summed E-state index contributed by atoms with van der Waals surface area (Å²) in [4.78, 5) is 14.5. The number of nitrogens with zero attached hydrogens (tertiary/aromatic N) is 1. The third-order valence-electron chi connectivity index (χ3n) is 5.50. The van der Waals surface area contributed by atoms with Crippen molar-refractivity contribution in [3.63, 3.8) is 0 Å². The van der Waals surface area contributed by atoms with Crippen LogP contribution in [-0.4, -0.2) is 43.2 Å². The molecule has 2 atom stereocenters. The Morgan fingerprint density at radius 3 is 2.74 bits per heavy atom. The first-order chi connectivity index (χ1) is 9.19. The van der Waals surface area contributed by atoms with Gasteiger partial charge in [0.25, 0.3) is 0 Å². The van der Waals surface area contributed by atoms with E-state index in [2.05, 4.69) is 4.90 Å². The van der Waals surface area contributed by atoms with Crippen LogP contribution >= 0.6 is 0 Å². The minimum Gasteiger partial charge on any atom is -0.381 e. The first kappa shape index (κ1) is 13.4. The maximum Gasteiger partial charge on any atom is 0.222 e. The highest BCUT2D eigenvalue weighted by molar-refractivity contribution is 5.77. The molecule has 1 amide bonds. The zero-order valence-corrected chi connectivity index (χ0v) is 11.8. The van der Waals surface area contributed by atoms with Crippen molar-refractivity contribution < 1.29 is 9.53 Å². The van der Waals surface area contributed by atoms with E-state index in [-0.39, 0.29) is 6.04 Å². The average molecular weight is 266 g/mol. The van der Waals surface area contributed by atoms with Crippen molar-refractivity contribution in [2.45, 2.75) is 51.0 Å². The molecule has 4 nitrogen and oxygen atoms in total. The van der Waals surface area contributed by atoms with Gasteiger partial charge in [-0.2, -0.15) is 0 Å². The second-order valence-corrected chi connectivity index (χ2v) is 6.74. The largest absolute Gasteiger partial charge is 0.381 e. The molecular weight excluding hydrogens is 240 g/mol. The molecule has 2 aliphatic heterocycles. The van der Waals surface area contributed by atoms with Crippen LogP contribution in [0.1, 0.15) is 44.9 Å². The molecule has 4 heteroatoms. The molecule has 19 heavy (non-hydrogen) atoms. The monoisotopic (exact) mass is 266 g/mol. The van der Waals surface area contributed by atoms with Crippen LogP contribution in [0.4, 0.5) is 0 Å². The van der Waals surface area contributed by atoms with E-state index >= 15 is 0 Å². The zero-order valence-electron chi connectivity index (χ0n) is 11.8. The number of hydrogen-bond acceptors (Lipinski definition) is 3. The number of hydrogen-bond donors (Lipinski definition) is 1. The van der Waals surface area contributed by atoms with Crippen molar-refractivity contribution in [1.29, 1.82) is 0 Å². The van der Waals surface area contributed by atoms with Crippen LogP contribution in [-0.2, 0) is 9.53 Å². The lowest BCUT2D eigenvalue weighted by Gasteiger charge is -2.33. The molecule has 108 valence electrons. The van der Waals surface area contributed by atoms with Crippen molar-refractivity contribution in [3.8, 4) is 0 Å². The van der Waals surface area contributed by atoms with Crippen molar-refractivity contribution >= 4 is 5.91 Å². The van der Waals surface area contributed by atoms with E-state index in [9.17, 15) is 4.79 Å². The lowest BCUT2D eigenvalue weighted by atomic mass is 9.80.